The highest BCUT2D eigenvalue weighted by atomic mass is 32.2. The zero-order valence-corrected chi connectivity index (χ0v) is 12.1. The summed E-state index contributed by atoms with van der Waals surface area (Å²) in [5.74, 6) is -1.83. The van der Waals surface area contributed by atoms with Gasteiger partial charge in [-0.1, -0.05) is 31.9 Å². The van der Waals surface area contributed by atoms with Gasteiger partial charge in [0.15, 0.2) is 0 Å². The first-order valence-electron chi connectivity index (χ1n) is 6.44. The van der Waals surface area contributed by atoms with E-state index in [0.29, 0.717) is 11.3 Å². The van der Waals surface area contributed by atoms with E-state index in [1.807, 2.05) is 6.92 Å². The summed E-state index contributed by atoms with van der Waals surface area (Å²) in [6.07, 6.45) is 2.00. The molecule has 0 aliphatic heterocycles. The van der Waals surface area contributed by atoms with Crippen molar-refractivity contribution in [3.05, 3.63) is 30.1 Å². The van der Waals surface area contributed by atoms with E-state index in [9.17, 15) is 14.0 Å². The SMILES string of the molecule is CCCC[C@H](NC(=O)CSc1ccccc1F)C(=O)O. The average molecular weight is 299 g/mol. The molecular weight excluding hydrogens is 281 g/mol. The third-order valence-electron chi connectivity index (χ3n) is 2.68. The van der Waals surface area contributed by atoms with Crippen LogP contribution < -0.4 is 5.32 Å². The number of aliphatic carboxylic acids is 1. The van der Waals surface area contributed by atoms with Crippen molar-refractivity contribution >= 4 is 23.6 Å². The van der Waals surface area contributed by atoms with Crippen molar-refractivity contribution in [3.8, 4) is 0 Å². The Bertz CT molecular complexity index is 467. The molecule has 0 unspecified atom stereocenters. The number of carbonyl (C=O) groups is 2. The van der Waals surface area contributed by atoms with E-state index < -0.39 is 17.9 Å². The van der Waals surface area contributed by atoms with Crippen LogP contribution in [-0.2, 0) is 9.59 Å². The molecule has 1 amide bonds. The molecule has 0 bridgehead atoms. The summed E-state index contributed by atoms with van der Waals surface area (Å²) < 4.78 is 13.4. The Hall–Kier alpha value is -1.56. The van der Waals surface area contributed by atoms with Crippen molar-refractivity contribution in [2.45, 2.75) is 37.1 Å². The largest absolute Gasteiger partial charge is 0.480 e. The molecule has 0 heterocycles. The van der Waals surface area contributed by atoms with Crippen LogP contribution in [0.5, 0.6) is 0 Å². The Balaban J connectivity index is 2.46. The van der Waals surface area contributed by atoms with Gasteiger partial charge >= 0.3 is 5.97 Å². The van der Waals surface area contributed by atoms with Crippen molar-refractivity contribution in [1.82, 2.24) is 5.32 Å². The van der Waals surface area contributed by atoms with Gasteiger partial charge in [-0.05, 0) is 18.6 Å². The van der Waals surface area contributed by atoms with Crippen molar-refractivity contribution in [2.75, 3.05) is 5.75 Å². The van der Waals surface area contributed by atoms with E-state index in [2.05, 4.69) is 5.32 Å². The van der Waals surface area contributed by atoms with Crippen LogP contribution in [0.2, 0.25) is 0 Å². The first-order valence-corrected chi connectivity index (χ1v) is 7.42. The Kier molecular flexibility index (Phi) is 7.08. The maximum Gasteiger partial charge on any atom is 0.326 e. The minimum Gasteiger partial charge on any atom is -0.480 e. The van der Waals surface area contributed by atoms with Gasteiger partial charge in [0.1, 0.15) is 11.9 Å². The van der Waals surface area contributed by atoms with Crippen LogP contribution in [0.1, 0.15) is 26.2 Å². The van der Waals surface area contributed by atoms with Gasteiger partial charge < -0.3 is 10.4 Å². The number of carboxylic acids is 1. The summed E-state index contributed by atoms with van der Waals surface area (Å²) >= 11 is 1.05. The average Bonchev–Trinajstić information content (AvgIpc) is 2.42. The number of unbranched alkanes of at least 4 members (excludes halogenated alkanes) is 1. The fourth-order valence-electron chi connectivity index (χ4n) is 1.61. The Morgan fingerprint density at radius 1 is 1.40 bits per heavy atom. The molecule has 1 aromatic rings. The number of benzene rings is 1. The summed E-state index contributed by atoms with van der Waals surface area (Å²) in [6.45, 7) is 1.95. The number of carboxylic acid groups (broad SMARTS) is 1. The van der Waals surface area contributed by atoms with Crippen LogP contribution in [0.15, 0.2) is 29.2 Å². The highest BCUT2D eigenvalue weighted by molar-refractivity contribution is 8.00. The van der Waals surface area contributed by atoms with Crippen LogP contribution in [0, 0.1) is 5.82 Å². The van der Waals surface area contributed by atoms with Crippen molar-refractivity contribution < 1.29 is 19.1 Å². The topological polar surface area (TPSA) is 66.4 Å². The van der Waals surface area contributed by atoms with Crippen LogP contribution in [0.3, 0.4) is 0 Å². The summed E-state index contributed by atoms with van der Waals surface area (Å²) in [5.41, 5.74) is 0. The first-order chi connectivity index (χ1) is 9.54. The fourth-order valence-corrected chi connectivity index (χ4v) is 2.36. The zero-order valence-electron chi connectivity index (χ0n) is 11.3. The molecule has 0 aliphatic rings. The van der Waals surface area contributed by atoms with Gasteiger partial charge in [-0.2, -0.15) is 0 Å². The summed E-state index contributed by atoms with van der Waals surface area (Å²) in [5, 5.41) is 11.5. The summed E-state index contributed by atoms with van der Waals surface area (Å²) in [7, 11) is 0. The molecule has 0 fully saturated rings. The van der Waals surface area contributed by atoms with Gasteiger partial charge in [-0.25, -0.2) is 9.18 Å². The number of amides is 1. The molecule has 1 rings (SSSR count). The summed E-state index contributed by atoms with van der Waals surface area (Å²) in [4.78, 5) is 23.1. The first kappa shape index (κ1) is 16.5. The van der Waals surface area contributed by atoms with Gasteiger partial charge in [-0.15, -0.1) is 11.8 Å². The molecule has 0 radical (unpaired) electrons. The number of rotatable bonds is 8. The highest BCUT2D eigenvalue weighted by Crippen LogP contribution is 2.20. The molecule has 1 aromatic carbocycles. The smallest absolute Gasteiger partial charge is 0.326 e. The van der Waals surface area contributed by atoms with Crippen molar-refractivity contribution in [2.24, 2.45) is 0 Å². The van der Waals surface area contributed by atoms with Gasteiger partial charge in [-0.3, -0.25) is 4.79 Å². The molecule has 0 aliphatic carbocycles. The number of halogens is 1. The Labute approximate surface area is 121 Å². The van der Waals surface area contributed by atoms with Crippen LogP contribution in [0.25, 0.3) is 0 Å². The fraction of sp³-hybridized carbons (Fsp3) is 0.429. The molecule has 0 saturated carbocycles. The number of hydrogen-bond donors (Lipinski definition) is 2. The van der Waals surface area contributed by atoms with Crippen LogP contribution in [0.4, 0.5) is 4.39 Å². The second-order valence-electron chi connectivity index (χ2n) is 4.32. The van der Waals surface area contributed by atoms with E-state index in [1.165, 1.54) is 6.07 Å². The maximum atomic E-state index is 13.4. The normalized spacial score (nSPS) is 11.9. The Morgan fingerprint density at radius 3 is 2.70 bits per heavy atom. The second kappa shape index (κ2) is 8.58. The van der Waals surface area contributed by atoms with Crippen molar-refractivity contribution in [1.29, 1.82) is 0 Å². The molecule has 6 heteroatoms. The van der Waals surface area contributed by atoms with E-state index in [1.54, 1.807) is 18.2 Å². The van der Waals surface area contributed by atoms with E-state index in [4.69, 9.17) is 5.11 Å². The molecular formula is C14H18FNO3S. The lowest BCUT2D eigenvalue weighted by molar-refractivity contribution is -0.141. The predicted octanol–water partition coefficient (Wildman–Crippen LogP) is 2.68. The van der Waals surface area contributed by atoms with Crippen LogP contribution >= 0.6 is 11.8 Å². The number of carbonyl (C=O) groups excluding carboxylic acids is 1. The summed E-state index contributed by atoms with van der Waals surface area (Å²) in [6, 6.07) is 5.29. The minimum absolute atomic E-state index is 0.00314. The van der Waals surface area contributed by atoms with Crippen LogP contribution in [-0.4, -0.2) is 28.8 Å². The molecule has 20 heavy (non-hydrogen) atoms. The highest BCUT2D eigenvalue weighted by Gasteiger charge is 2.19. The molecule has 110 valence electrons. The second-order valence-corrected chi connectivity index (χ2v) is 5.34. The Morgan fingerprint density at radius 2 is 2.10 bits per heavy atom. The van der Waals surface area contributed by atoms with Gasteiger partial charge in [0.25, 0.3) is 0 Å². The maximum absolute atomic E-state index is 13.4. The van der Waals surface area contributed by atoms with E-state index in [-0.39, 0.29) is 11.6 Å². The third-order valence-corrected chi connectivity index (χ3v) is 3.72. The van der Waals surface area contributed by atoms with Gasteiger partial charge in [0, 0.05) is 4.90 Å². The lowest BCUT2D eigenvalue weighted by Gasteiger charge is -2.13. The lowest BCUT2D eigenvalue weighted by Crippen LogP contribution is -2.41. The minimum atomic E-state index is -1.04. The molecule has 0 aromatic heterocycles. The van der Waals surface area contributed by atoms with Crippen molar-refractivity contribution in [3.63, 3.8) is 0 Å². The zero-order chi connectivity index (χ0) is 15.0. The quantitative estimate of drug-likeness (QED) is 0.724. The monoisotopic (exact) mass is 299 g/mol. The van der Waals surface area contributed by atoms with Gasteiger partial charge in [0.05, 0.1) is 5.75 Å². The molecule has 4 nitrogen and oxygen atoms in total. The molecule has 0 spiro atoms. The molecule has 1 atom stereocenters. The predicted molar refractivity (Wildman–Crippen MR) is 76.2 cm³/mol. The number of hydrogen-bond acceptors (Lipinski definition) is 3. The molecule has 2 N–H and O–H groups in total. The number of thioether (sulfide) groups is 1. The van der Waals surface area contributed by atoms with E-state index in [0.717, 1.165) is 24.6 Å². The standard InChI is InChI=1S/C14H18FNO3S/c1-2-3-7-11(14(18)19)16-13(17)9-20-12-8-5-4-6-10(12)15/h4-6,8,11H,2-3,7,9H2,1H3,(H,16,17)(H,18,19)/t11-/m0/s1. The van der Waals surface area contributed by atoms with Gasteiger partial charge in [0.2, 0.25) is 5.91 Å². The third kappa shape index (κ3) is 5.61. The molecule has 0 saturated heterocycles. The number of nitrogens with one attached hydrogen (secondary N) is 1. The van der Waals surface area contributed by atoms with E-state index >= 15 is 0 Å². The lowest BCUT2D eigenvalue weighted by atomic mass is 10.1.